The summed E-state index contributed by atoms with van der Waals surface area (Å²) < 4.78 is 5.50. The predicted molar refractivity (Wildman–Crippen MR) is 142 cm³/mol. The summed E-state index contributed by atoms with van der Waals surface area (Å²) in [7, 11) is 1.71. The minimum atomic E-state index is 0.179. The summed E-state index contributed by atoms with van der Waals surface area (Å²) in [4.78, 5) is 15.5. The molecule has 2 aliphatic rings. The average molecular weight is 466 g/mol. The molecule has 0 aromatic heterocycles. The Kier molecular flexibility index (Phi) is 8.95. The molecule has 2 amide bonds. The van der Waals surface area contributed by atoms with Crippen LogP contribution in [0.4, 0.5) is 10.5 Å². The first-order valence-electron chi connectivity index (χ1n) is 13.5. The van der Waals surface area contributed by atoms with Gasteiger partial charge >= 0.3 is 6.03 Å². The van der Waals surface area contributed by atoms with E-state index < -0.39 is 0 Å². The lowest BCUT2D eigenvalue weighted by Crippen LogP contribution is -2.52. The van der Waals surface area contributed by atoms with Gasteiger partial charge in [-0.05, 0) is 56.9 Å². The molecular weight excluding hydrogens is 422 g/mol. The van der Waals surface area contributed by atoms with Gasteiger partial charge in [-0.1, -0.05) is 62.8 Å². The molecule has 34 heavy (non-hydrogen) atoms. The van der Waals surface area contributed by atoms with E-state index in [9.17, 15) is 4.79 Å². The summed E-state index contributed by atoms with van der Waals surface area (Å²) in [6.45, 7) is 2.95. The quantitative estimate of drug-likeness (QED) is 0.388. The highest BCUT2D eigenvalue weighted by atomic mass is 16.5. The van der Waals surface area contributed by atoms with E-state index in [1.807, 2.05) is 0 Å². The zero-order valence-electron chi connectivity index (χ0n) is 21.2. The number of anilines is 1. The van der Waals surface area contributed by atoms with E-state index >= 15 is 0 Å². The topological polar surface area (TPSA) is 53.6 Å². The smallest absolute Gasteiger partial charge is 0.317 e. The number of carbonyl (C=O) groups excluding carboxylic acids is 1. The molecule has 2 saturated carbocycles. The number of hydrogen-bond acceptors (Lipinski definition) is 3. The molecule has 0 spiro atoms. The monoisotopic (exact) mass is 465 g/mol. The van der Waals surface area contributed by atoms with Gasteiger partial charge in [0.05, 0.1) is 7.11 Å². The highest BCUT2D eigenvalue weighted by Gasteiger charge is 2.32. The van der Waals surface area contributed by atoms with Crippen LogP contribution < -0.4 is 15.4 Å². The normalized spacial score (nSPS) is 18.4. The first kappa shape index (κ1) is 24.7. The van der Waals surface area contributed by atoms with Crippen LogP contribution in [-0.2, 0) is 0 Å². The van der Waals surface area contributed by atoms with Gasteiger partial charge in [0.15, 0.2) is 0 Å². The Labute approximate surface area is 205 Å². The standard InChI is InChI=1S/C29H43N3O2/c1-22(31-28-21-26(34-2)20-23-13-9-10-18-27(23)28)12-11-19-30-29(33)32(24-14-5-3-6-15-24)25-16-7-4-8-17-25/h9-10,13,18,20-22,24-25,31H,3-8,11-12,14-17,19H2,1-2H3,(H,30,33). The molecule has 2 aromatic rings. The fraction of sp³-hybridized carbons (Fsp3) is 0.621. The second-order valence-electron chi connectivity index (χ2n) is 10.3. The number of rotatable bonds is 9. The number of urea groups is 1. The molecule has 2 aliphatic carbocycles. The molecule has 1 atom stereocenters. The van der Waals surface area contributed by atoms with Gasteiger partial charge in [0.2, 0.25) is 0 Å². The SMILES string of the molecule is COc1cc(NC(C)CCCNC(=O)N(C2CCCCC2)C2CCCCC2)c2ccccc2c1. The van der Waals surface area contributed by atoms with Crippen molar-refractivity contribution < 1.29 is 9.53 Å². The molecule has 0 heterocycles. The molecule has 2 N–H and O–H groups in total. The highest BCUT2D eigenvalue weighted by Crippen LogP contribution is 2.31. The molecule has 5 heteroatoms. The summed E-state index contributed by atoms with van der Waals surface area (Å²) in [5.41, 5.74) is 1.10. The van der Waals surface area contributed by atoms with Crippen LogP contribution in [0, 0.1) is 0 Å². The summed E-state index contributed by atoms with van der Waals surface area (Å²) in [6.07, 6.45) is 14.4. The molecule has 2 fully saturated rings. The van der Waals surface area contributed by atoms with Crippen molar-refractivity contribution in [1.29, 1.82) is 0 Å². The van der Waals surface area contributed by atoms with Gasteiger partial charge in [0, 0.05) is 41.8 Å². The van der Waals surface area contributed by atoms with Gasteiger partial charge in [-0.3, -0.25) is 0 Å². The number of benzene rings is 2. The molecule has 0 saturated heterocycles. The molecule has 1 unspecified atom stereocenters. The fourth-order valence-corrected chi connectivity index (χ4v) is 5.90. The Morgan fingerprint density at radius 1 is 1.00 bits per heavy atom. The Morgan fingerprint density at radius 2 is 1.65 bits per heavy atom. The van der Waals surface area contributed by atoms with Gasteiger partial charge in [-0.15, -0.1) is 0 Å². The van der Waals surface area contributed by atoms with Gasteiger partial charge in [0.25, 0.3) is 0 Å². The van der Waals surface area contributed by atoms with Crippen LogP contribution in [0.1, 0.15) is 84.0 Å². The summed E-state index contributed by atoms with van der Waals surface area (Å²) in [5, 5.41) is 9.34. The van der Waals surface area contributed by atoms with E-state index in [1.54, 1.807) is 7.11 Å². The third-order valence-corrected chi connectivity index (χ3v) is 7.73. The van der Waals surface area contributed by atoms with E-state index in [4.69, 9.17) is 4.74 Å². The van der Waals surface area contributed by atoms with E-state index in [1.165, 1.54) is 75.0 Å². The Hall–Kier alpha value is -2.43. The zero-order valence-corrected chi connectivity index (χ0v) is 21.2. The Bertz CT molecular complexity index is 901. The van der Waals surface area contributed by atoms with Crippen LogP contribution in [0.2, 0.25) is 0 Å². The summed E-state index contributed by atoms with van der Waals surface area (Å²) >= 11 is 0. The van der Waals surface area contributed by atoms with Crippen molar-refractivity contribution in [2.75, 3.05) is 19.0 Å². The van der Waals surface area contributed by atoms with Crippen LogP contribution in [0.25, 0.3) is 10.8 Å². The van der Waals surface area contributed by atoms with E-state index in [0.29, 0.717) is 18.1 Å². The van der Waals surface area contributed by atoms with Crippen LogP contribution in [0.15, 0.2) is 36.4 Å². The molecule has 186 valence electrons. The lowest BCUT2D eigenvalue weighted by atomic mass is 9.89. The number of methoxy groups -OCH3 is 1. The first-order chi connectivity index (χ1) is 16.7. The Balaban J connectivity index is 1.29. The van der Waals surface area contributed by atoms with Crippen LogP contribution in [0.5, 0.6) is 5.75 Å². The minimum absolute atomic E-state index is 0.179. The molecular formula is C29H43N3O2. The summed E-state index contributed by atoms with van der Waals surface area (Å²) in [5.74, 6) is 0.867. The van der Waals surface area contributed by atoms with E-state index in [2.05, 4.69) is 58.9 Å². The molecule has 2 aromatic carbocycles. The molecule has 0 radical (unpaired) electrons. The van der Waals surface area contributed by atoms with E-state index in [-0.39, 0.29) is 6.03 Å². The van der Waals surface area contributed by atoms with Crippen molar-refractivity contribution in [2.24, 2.45) is 0 Å². The van der Waals surface area contributed by atoms with Crippen molar-refractivity contribution in [1.82, 2.24) is 10.2 Å². The van der Waals surface area contributed by atoms with Gasteiger partial charge < -0.3 is 20.3 Å². The van der Waals surface area contributed by atoms with Crippen molar-refractivity contribution in [2.45, 2.75) is 102 Å². The third-order valence-electron chi connectivity index (χ3n) is 7.73. The van der Waals surface area contributed by atoms with Crippen LogP contribution >= 0.6 is 0 Å². The average Bonchev–Trinajstić information content (AvgIpc) is 2.88. The minimum Gasteiger partial charge on any atom is -0.497 e. The fourth-order valence-electron chi connectivity index (χ4n) is 5.90. The number of amides is 2. The zero-order chi connectivity index (χ0) is 23.8. The molecule has 5 nitrogen and oxygen atoms in total. The van der Waals surface area contributed by atoms with Crippen molar-refractivity contribution in [3.8, 4) is 5.75 Å². The Morgan fingerprint density at radius 3 is 2.29 bits per heavy atom. The van der Waals surface area contributed by atoms with Crippen LogP contribution in [-0.4, -0.2) is 42.7 Å². The predicted octanol–water partition coefficient (Wildman–Crippen LogP) is 7.11. The lowest BCUT2D eigenvalue weighted by Gasteiger charge is -2.41. The lowest BCUT2D eigenvalue weighted by molar-refractivity contribution is 0.105. The number of hydrogen-bond donors (Lipinski definition) is 2. The summed E-state index contributed by atoms with van der Waals surface area (Å²) in [6, 6.07) is 13.9. The molecule has 0 aliphatic heterocycles. The third kappa shape index (κ3) is 6.37. The van der Waals surface area contributed by atoms with Crippen LogP contribution in [0.3, 0.4) is 0 Å². The second-order valence-corrected chi connectivity index (χ2v) is 10.3. The number of fused-ring (bicyclic) bond motifs is 1. The van der Waals surface area contributed by atoms with Gasteiger partial charge in [-0.2, -0.15) is 0 Å². The number of nitrogens with one attached hydrogen (secondary N) is 2. The highest BCUT2D eigenvalue weighted by molar-refractivity contribution is 5.95. The first-order valence-corrected chi connectivity index (χ1v) is 13.5. The van der Waals surface area contributed by atoms with Crippen molar-refractivity contribution in [3.63, 3.8) is 0 Å². The number of ether oxygens (including phenoxy) is 1. The maximum atomic E-state index is 13.3. The maximum Gasteiger partial charge on any atom is 0.317 e. The van der Waals surface area contributed by atoms with Gasteiger partial charge in [-0.25, -0.2) is 4.79 Å². The van der Waals surface area contributed by atoms with E-state index in [0.717, 1.165) is 30.8 Å². The van der Waals surface area contributed by atoms with Gasteiger partial charge in [0.1, 0.15) is 5.75 Å². The molecule has 0 bridgehead atoms. The second kappa shape index (κ2) is 12.3. The van der Waals surface area contributed by atoms with Crippen molar-refractivity contribution >= 4 is 22.5 Å². The number of nitrogens with zero attached hydrogens (tertiary/aromatic N) is 1. The molecule has 4 rings (SSSR count). The maximum absolute atomic E-state index is 13.3. The van der Waals surface area contributed by atoms with Crippen molar-refractivity contribution in [3.05, 3.63) is 36.4 Å². The number of carbonyl (C=O) groups is 1. The largest absolute Gasteiger partial charge is 0.497 e.